The number of hydrogen-bond acceptors (Lipinski definition) is 3. The van der Waals surface area contributed by atoms with Gasteiger partial charge < -0.3 is 10.6 Å². The molecule has 4 nitrogen and oxygen atoms in total. The number of carbonyl (C=O) groups is 2. The molecule has 0 aromatic heterocycles. The summed E-state index contributed by atoms with van der Waals surface area (Å²) in [4.78, 5) is 24.5. The molecular formula is C22H32N2O2. The molecule has 26 heavy (non-hydrogen) atoms. The third kappa shape index (κ3) is 5.41. The number of benzene rings is 1. The van der Waals surface area contributed by atoms with Crippen molar-refractivity contribution in [1.82, 2.24) is 10.6 Å². The third-order valence-corrected chi connectivity index (χ3v) is 5.76. The summed E-state index contributed by atoms with van der Waals surface area (Å²) in [6.07, 6.45) is 9.81. The number of rotatable bonds is 9. The van der Waals surface area contributed by atoms with Crippen molar-refractivity contribution in [3.8, 4) is 0 Å². The molecule has 0 spiro atoms. The third-order valence-electron chi connectivity index (χ3n) is 5.76. The Kier molecular flexibility index (Phi) is 6.84. The standard InChI is InChI=1S/C22H32N2O2/c1-2-3-4-5-16-6-8-17(9-7-16)21(25)12-13-22(26)24-20-14-18-10-11-19(15-20)23-18/h6-9,18-20,23H,2-5,10-15H2,1H3,(H,24,26). The lowest BCUT2D eigenvalue weighted by atomic mass is 9.99. The Morgan fingerprint density at radius 1 is 1.04 bits per heavy atom. The maximum absolute atomic E-state index is 12.3. The zero-order valence-electron chi connectivity index (χ0n) is 15.9. The molecule has 2 N–H and O–H groups in total. The van der Waals surface area contributed by atoms with E-state index in [2.05, 4.69) is 17.6 Å². The van der Waals surface area contributed by atoms with Crippen LogP contribution in [-0.2, 0) is 11.2 Å². The van der Waals surface area contributed by atoms with Crippen LogP contribution >= 0.6 is 0 Å². The Balaban J connectivity index is 1.39. The van der Waals surface area contributed by atoms with Crippen LogP contribution in [0.1, 0.15) is 80.6 Å². The molecule has 1 aromatic rings. The van der Waals surface area contributed by atoms with Crippen molar-refractivity contribution in [3.63, 3.8) is 0 Å². The molecular weight excluding hydrogens is 324 g/mol. The van der Waals surface area contributed by atoms with Crippen LogP contribution < -0.4 is 10.6 Å². The van der Waals surface area contributed by atoms with Crippen molar-refractivity contribution < 1.29 is 9.59 Å². The number of unbranched alkanes of at least 4 members (excludes halogenated alkanes) is 2. The number of Topliss-reactive ketones (excluding diaryl/α,β-unsaturated/α-hetero) is 1. The predicted molar refractivity (Wildman–Crippen MR) is 104 cm³/mol. The number of amides is 1. The van der Waals surface area contributed by atoms with E-state index in [1.807, 2.05) is 24.3 Å². The van der Waals surface area contributed by atoms with E-state index in [-0.39, 0.29) is 24.2 Å². The fourth-order valence-corrected chi connectivity index (χ4v) is 4.28. The van der Waals surface area contributed by atoms with E-state index in [0.29, 0.717) is 18.5 Å². The average Bonchev–Trinajstić information content (AvgIpc) is 2.99. The zero-order chi connectivity index (χ0) is 18.4. The van der Waals surface area contributed by atoms with Crippen LogP contribution in [0.2, 0.25) is 0 Å². The van der Waals surface area contributed by atoms with Gasteiger partial charge in [-0.25, -0.2) is 0 Å². The van der Waals surface area contributed by atoms with Crippen LogP contribution in [0.15, 0.2) is 24.3 Å². The SMILES string of the molecule is CCCCCc1ccc(C(=O)CCC(=O)NC2CC3CCC(C2)N3)cc1. The van der Waals surface area contributed by atoms with E-state index in [9.17, 15) is 9.59 Å². The summed E-state index contributed by atoms with van der Waals surface area (Å²) in [6, 6.07) is 9.33. The Bertz CT molecular complexity index is 599. The molecule has 2 unspecified atom stereocenters. The zero-order valence-corrected chi connectivity index (χ0v) is 15.9. The van der Waals surface area contributed by atoms with Gasteiger partial charge in [0.2, 0.25) is 5.91 Å². The first-order valence-electron chi connectivity index (χ1n) is 10.3. The van der Waals surface area contributed by atoms with Crippen LogP contribution in [0, 0.1) is 0 Å². The molecule has 1 aromatic carbocycles. The van der Waals surface area contributed by atoms with Crippen LogP contribution in [0.4, 0.5) is 0 Å². The van der Waals surface area contributed by atoms with E-state index in [0.717, 1.165) is 24.8 Å². The number of carbonyl (C=O) groups excluding carboxylic acids is 2. The fraction of sp³-hybridized carbons (Fsp3) is 0.636. The summed E-state index contributed by atoms with van der Waals surface area (Å²) in [5, 5.41) is 6.71. The van der Waals surface area contributed by atoms with Crippen LogP contribution in [0.3, 0.4) is 0 Å². The second-order valence-electron chi connectivity index (χ2n) is 7.95. The molecule has 1 amide bonds. The van der Waals surface area contributed by atoms with Crippen LogP contribution in [-0.4, -0.2) is 29.8 Å². The Labute approximate surface area is 157 Å². The Hall–Kier alpha value is -1.68. The van der Waals surface area contributed by atoms with Crippen molar-refractivity contribution in [2.45, 2.75) is 89.3 Å². The lowest BCUT2D eigenvalue weighted by molar-refractivity contribution is -0.122. The fourth-order valence-electron chi connectivity index (χ4n) is 4.28. The molecule has 2 aliphatic heterocycles. The maximum Gasteiger partial charge on any atom is 0.220 e. The minimum Gasteiger partial charge on any atom is -0.353 e. The first kappa shape index (κ1) is 19.1. The molecule has 2 aliphatic rings. The number of fused-ring (bicyclic) bond motifs is 2. The minimum atomic E-state index is 0.0147. The molecule has 2 atom stereocenters. The van der Waals surface area contributed by atoms with Crippen molar-refractivity contribution in [2.24, 2.45) is 0 Å². The minimum absolute atomic E-state index is 0.0147. The van der Waals surface area contributed by atoms with Gasteiger partial charge in [0.15, 0.2) is 5.78 Å². The summed E-state index contributed by atoms with van der Waals surface area (Å²) in [5.41, 5.74) is 2.00. The molecule has 2 fully saturated rings. The normalized spacial score (nSPS) is 24.4. The van der Waals surface area contributed by atoms with Gasteiger partial charge in [0, 0.05) is 36.5 Å². The van der Waals surface area contributed by atoms with Gasteiger partial charge in [-0.2, -0.15) is 0 Å². The van der Waals surface area contributed by atoms with Gasteiger partial charge in [-0.3, -0.25) is 9.59 Å². The van der Waals surface area contributed by atoms with E-state index < -0.39 is 0 Å². The second kappa shape index (κ2) is 9.31. The van der Waals surface area contributed by atoms with E-state index >= 15 is 0 Å². The molecule has 4 heteroatoms. The van der Waals surface area contributed by atoms with Gasteiger partial charge >= 0.3 is 0 Å². The first-order chi connectivity index (χ1) is 12.6. The van der Waals surface area contributed by atoms with Crippen molar-refractivity contribution in [1.29, 1.82) is 0 Å². The van der Waals surface area contributed by atoms with Crippen LogP contribution in [0.5, 0.6) is 0 Å². The highest BCUT2D eigenvalue weighted by atomic mass is 16.2. The molecule has 2 saturated heterocycles. The lowest BCUT2D eigenvalue weighted by Crippen LogP contribution is -2.48. The molecule has 142 valence electrons. The number of nitrogens with one attached hydrogen (secondary N) is 2. The monoisotopic (exact) mass is 356 g/mol. The molecule has 2 bridgehead atoms. The van der Waals surface area contributed by atoms with E-state index in [1.165, 1.54) is 37.7 Å². The quantitative estimate of drug-likeness (QED) is 0.523. The number of ketones is 1. The highest BCUT2D eigenvalue weighted by molar-refractivity contribution is 5.98. The average molecular weight is 357 g/mol. The van der Waals surface area contributed by atoms with Gasteiger partial charge in [0.1, 0.15) is 0 Å². The van der Waals surface area contributed by atoms with Crippen molar-refractivity contribution in [2.75, 3.05) is 0 Å². The van der Waals surface area contributed by atoms with Crippen molar-refractivity contribution in [3.05, 3.63) is 35.4 Å². The summed E-state index contributed by atoms with van der Waals surface area (Å²) in [7, 11) is 0. The molecule has 3 rings (SSSR count). The number of aryl methyl sites for hydroxylation is 1. The molecule has 0 radical (unpaired) electrons. The van der Waals surface area contributed by atoms with Crippen molar-refractivity contribution >= 4 is 11.7 Å². The van der Waals surface area contributed by atoms with E-state index in [4.69, 9.17) is 0 Å². The summed E-state index contributed by atoms with van der Waals surface area (Å²) in [6.45, 7) is 2.20. The maximum atomic E-state index is 12.3. The summed E-state index contributed by atoms with van der Waals surface area (Å²) < 4.78 is 0. The molecule has 0 saturated carbocycles. The highest BCUT2D eigenvalue weighted by Crippen LogP contribution is 2.26. The van der Waals surface area contributed by atoms with Crippen LogP contribution in [0.25, 0.3) is 0 Å². The largest absolute Gasteiger partial charge is 0.353 e. The van der Waals surface area contributed by atoms with Gasteiger partial charge in [0.05, 0.1) is 0 Å². The van der Waals surface area contributed by atoms with Gasteiger partial charge in [-0.05, 0) is 44.1 Å². The first-order valence-corrected chi connectivity index (χ1v) is 10.3. The Morgan fingerprint density at radius 3 is 2.38 bits per heavy atom. The van der Waals surface area contributed by atoms with Gasteiger partial charge in [-0.15, -0.1) is 0 Å². The number of piperidine rings is 1. The van der Waals surface area contributed by atoms with Gasteiger partial charge in [-0.1, -0.05) is 44.0 Å². The second-order valence-corrected chi connectivity index (χ2v) is 7.95. The van der Waals surface area contributed by atoms with E-state index in [1.54, 1.807) is 0 Å². The predicted octanol–water partition coefficient (Wildman–Crippen LogP) is 3.78. The highest BCUT2D eigenvalue weighted by Gasteiger charge is 2.33. The smallest absolute Gasteiger partial charge is 0.220 e. The summed E-state index contributed by atoms with van der Waals surface area (Å²) >= 11 is 0. The topological polar surface area (TPSA) is 58.2 Å². The summed E-state index contributed by atoms with van der Waals surface area (Å²) in [5.74, 6) is 0.0754. The Morgan fingerprint density at radius 2 is 1.73 bits per heavy atom. The van der Waals surface area contributed by atoms with Gasteiger partial charge in [0.25, 0.3) is 0 Å². The number of hydrogen-bond donors (Lipinski definition) is 2. The molecule has 2 heterocycles. The lowest BCUT2D eigenvalue weighted by Gasteiger charge is -2.29. The molecule has 0 aliphatic carbocycles.